The predicted molar refractivity (Wildman–Crippen MR) is 301 cm³/mol. The van der Waals surface area contributed by atoms with Crippen LogP contribution < -0.4 is 31.0 Å². The Bertz CT molecular complexity index is 3850. The first-order valence-corrected chi connectivity index (χ1v) is 28.0. The lowest BCUT2D eigenvalue weighted by Gasteiger charge is -2.43. The van der Waals surface area contributed by atoms with Crippen LogP contribution in [0.2, 0.25) is 0 Å². The minimum Gasteiger partial charge on any atom is -0.493 e. The summed E-state index contributed by atoms with van der Waals surface area (Å²) in [6.45, 7) is 4.18. The monoisotopic (exact) mass is 1190 g/mol. The van der Waals surface area contributed by atoms with Crippen LogP contribution in [0.1, 0.15) is 91.0 Å². The minimum atomic E-state index is -2.06. The number of nitrogens with one attached hydrogen (secondary N) is 3. The van der Waals surface area contributed by atoms with E-state index in [-0.39, 0.29) is 79.7 Å². The summed E-state index contributed by atoms with van der Waals surface area (Å²) in [5.41, 5.74) is 5.46. The van der Waals surface area contributed by atoms with Gasteiger partial charge in [-0.1, -0.05) is 61.5 Å². The maximum absolute atomic E-state index is 14.1. The van der Waals surface area contributed by atoms with Gasteiger partial charge < -0.3 is 73.0 Å². The number of hydrogen-bond donors (Lipinski definition) is 4. The molecule has 0 unspecified atom stereocenters. The Morgan fingerprint density at radius 3 is 2.18 bits per heavy atom. The second kappa shape index (κ2) is 24.2. The number of aliphatic hydroxyl groups is 1. The summed E-state index contributed by atoms with van der Waals surface area (Å²) in [6.07, 6.45) is -10.2. The third kappa shape index (κ3) is 11.6. The van der Waals surface area contributed by atoms with E-state index < -0.39 is 96.4 Å². The van der Waals surface area contributed by atoms with Crippen molar-refractivity contribution in [2.24, 2.45) is 0 Å². The third-order valence-corrected chi connectivity index (χ3v) is 15.8. The maximum Gasteiger partial charge on any atom is 0.407 e. The number of ether oxygens (including phenoxy) is 10. The molecule has 11 rings (SSSR count). The Labute approximate surface area is 495 Å². The summed E-state index contributed by atoms with van der Waals surface area (Å²) >= 11 is 0. The van der Waals surface area contributed by atoms with Crippen LogP contribution in [0.4, 0.5) is 15.3 Å². The van der Waals surface area contributed by atoms with E-state index in [0.717, 1.165) is 55.7 Å². The van der Waals surface area contributed by atoms with Crippen LogP contribution in [0.25, 0.3) is 33.4 Å². The number of methoxy groups -OCH3 is 1. The summed E-state index contributed by atoms with van der Waals surface area (Å²) in [7, 11) is 1.03. The number of pyridine rings is 2. The molecule has 4 aliphatic heterocycles. The first-order chi connectivity index (χ1) is 41.8. The molecule has 4 aromatic carbocycles. The summed E-state index contributed by atoms with van der Waals surface area (Å²) < 4.78 is 57.7. The maximum atomic E-state index is 14.1. The Hall–Kier alpha value is -9.88. The molecule has 0 radical (unpaired) electrons. The van der Waals surface area contributed by atoms with Gasteiger partial charge in [0, 0.05) is 75.2 Å². The lowest BCUT2D eigenvalue weighted by Crippen LogP contribution is -2.64. The van der Waals surface area contributed by atoms with E-state index in [1.54, 1.807) is 19.1 Å². The molecule has 6 atom stereocenters. The topological polar surface area (TPSA) is 320 Å². The van der Waals surface area contributed by atoms with Gasteiger partial charge in [-0.3, -0.25) is 24.0 Å². The molecule has 452 valence electrons. The number of esters is 5. The van der Waals surface area contributed by atoms with E-state index in [9.17, 15) is 48.3 Å². The molecular formula is C62H59N5O20. The van der Waals surface area contributed by atoms with Crippen molar-refractivity contribution in [2.75, 3.05) is 32.2 Å². The van der Waals surface area contributed by atoms with Crippen LogP contribution in [-0.4, -0.2) is 120 Å². The number of carbonyl (C=O) groups excluding carboxylic acids is 8. The third-order valence-electron chi connectivity index (χ3n) is 15.8. The molecule has 25 heteroatoms. The van der Waals surface area contributed by atoms with Crippen LogP contribution in [0.3, 0.4) is 0 Å². The van der Waals surface area contributed by atoms with Crippen molar-refractivity contribution in [3.8, 4) is 34.0 Å². The second-order valence-corrected chi connectivity index (χ2v) is 21.2. The smallest absolute Gasteiger partial charge is 0.407 e. The zero-order chi connectivity index (χ0) is 61.4. The fourth-order valence-electron chi connectivity index (χ4n) is 11.7. The predicted octanol–water partition coefficient (Wildman–Crippen LogP) is 5.38. The van der Waals surface area contributed by atoms with E-state index in [1.807, 2.05) is 54.6 Å². The lowest BCUT2D eigenvalue weighted by molar-refractivity contribution is -0.282. The number of alkyl carbamates (subject to hydrolysis) is 2. The van der Waals surface area contributed by atoms with Crippen LogP contribution in [-0.2, 0) is 105 Å². The van der Waals surface area contributed by atoms with Gasteiger partial charge in [0.1, 0.15) is 31.3 Å². The number of fused-ring (bicyclic) bond motifs is 9. The molecule has 0 bridgehead atoms. The highest BCUT2D eigenvalue weighted by Crippen LogP contribution is 2.46. The van der Waals surface area contributed by atoms with Crippen molar-refractivity contribution in [1.82, 2.24) is 20.2 Å². The summed E-state index contributed by atoms with van der Waals surface area (Å²) in [6, 6.07) is 25.2. The van der Waals surface area contributed by atoms with Crippen molar-refractivity contribution < 1.29 is 90.8 Å². The highest BCUT2D eigenvalue weighted by atomic mass is 16.7. The number of nitrogens with zero attached hydrogens (tertiary/aromatic N) is 2. The highest BCUT2D eigenvalue weighted by Gasteiger charge is 2.56. The Balaban J connectivity index is 0.834. The molecule has 5 aliphatic rings. The van der Waals surface area contributed by atoms with E-state index in [1.165, 1.54) is 22.8 Å². The number of amides is 3. The van der Waals surface area contributed by atoms with Gasteiger partial charge in [0.25, 0.3) is 5.56 Å². The van der Waals surface area contributed by atoms with Gasteiger partial charge in [-0.05, 0) is 69.6 Å². The Kier molecular flexibility index (Phi) is 16.4. The van der Waals surface area contributed by atoms with Crippen LogP contribution in [0, 0.1) is 0 Å². The average Bonchev–Trinajstić information content (AvgIpc) is 1.71. The molecule has 1 saturated heterocycles. The van der Waals surface area contributed by atoms with Gasteiger partial charge in [0.05, 0.1) is 48.4 Å². The van der Waals surface area contributed by atoms with Gasteiger partial charge in [-0.25, -0.2) is 24.2 Å². The number of rotatable bonds is 17. The number of benzene rings is 4. The molecule has 4 N–H and O–H groups in total. The van der Waals surface area contributed by atoms with Crippen LogP contribution in [0.15, 0.2) is 89.7 Å². The van der Waals surface area contributed by atoms with Crippen molar-refractivity contribution in [1.29, 1.82) is 0 Å². The van der Waals surface area contributed by atoms with Crippen molar-refractivity contribution in [2.45, 2.75) is 115 Å². The number of hydrogen-bond acceptors (Lipinski definition) is 21. The van der Waals surface area contributed by atoms with Crippen molar-refractivity contribution in [3.63, 3.8) is 0 Å². The lowest BCUT2D eigenvalue weighted by atomic mass is 9.86. The van der Waals surface area contributed by atoms with Crippen LogP contribution >= 0.6 is 0 Å². The number of anilines is 1. The van der Waals surface area contributed by atoms with Crippen molar-refractivity contribution in [3.05, 3.63) is 140 Å². The zero-order valence-corrected chi connectivity index (χ0v) is 47.7. The number of aromatic nitrogens is 2. The molecule has 0 saturated carbocycles. The molecule has 1 fully saturated rings. The highest BCUT2D eigenvalue weighted by molar-refractivity contribution is 5.93. The van der Waals surface area contributed by atoms with Gasteiger partial charge >= 0.3 is 42.0 Å². The van der Waals surface area contributed by atoms with Gasteiger partial charge in [-0.15, -0.1) is 0 Å². The first-order valence-electron chi connectivity index (χ1n) is 28.0. The van der Waals surface area contributed by atoms with Crippen molar-refractivity contribution >= 4 is 64.5 Å². The molecule has 25 nitrogen and oxygen atoms in total. The second-order valence-electron chi connectivity index (χ2n) is 21.2. The molecule has 87 heavy (non-hydrogen) atoms. The van der Waals surface area contributed by atoms with Crippen LogP contribution in [0.5, 0.6) is 11.5 Å². The average molecular weight is 1190 g/mol. The number of carbonyl (C=O) groups is 8. The summed E-state index contributed by atoms with van der Waals surface area (Å²) in [5.74, 6) is -5.15. The molecule has 6 aromatic rings. The molecule has 1 aliphatic carbocycles. The fraction of sp³-hybridized carbons (Fsp3) is 0.355. The Morgan fingerprint density at radius 2 is 1.48 bits per heavy atom. The minimum absolute atomic E-state index is 0.0276. The zero-order valence-electron chi connectivity index (χ0n) is 47.7. The number of cyclic esters (lactones) is 1. The van der Waals surface area contributed by atoms with Gasteiger partial charge in [0.15, 0.2) is 23.9 Å². The van der Waals surface area contributed by atoms with E-state index >= 15 is 0 Å². The standard InChI is InChI=1S/C62H59N5O20/c1-6-62(77)44-23-47-51-41(26-67(47)56(72)43(44)29-80-59(62)74)40(39-22-34-18-20-79-49(34)24-45(39)66-51)25-64-61(76)81-27-33-15-16-48(86-58-55(85-32(4)70)53(84-31(3)69)52(83-30(2)68)54(87-58)57(73)78-5)46(21-33)65-50(71)17-19-63-60(75)82-28-42-37-13-9-7-11-35(37)36-12-8-10-14-38(36)42/h7-16,21-24,42,52-55,58,77H,6,17-20,25-29H2,1-5H3,(H,63,75)(H,64,76)(H,65,71)/t52-,53-,54-,55+,58+,62-/m0/s1. The van der Waals surface area contributed by atoms with E-state index in [2.05, 4.69) is 16.0 Å². The normalized spacial score (nSPS) is 20.1. The Morgan fingerprint density at radius 1 is 0.793 bits per heavy atom. The fourth-order valence-corrected chi connectivity index (χ4v) is 11.7. The van der Waals surface area contributed by atoms with E-state index in [4.69, 9.17) is 52.4 Å². The SMILES string of the molecule is CC[C@@]1(O)C(=O)OCc2c1cc1n(c2=O)Cc2c-1nc1cc3c(cc1c2CNC(=O)OCc1ccc(O[C@@H]2O[C@H](C(=O)OC)[C@@H](OC(C)=O)[C@H](OC(C)=O)[C@H]2OC(C)=O)c(NC(=O)CCNC(=O)OCC2c4ccccc4-c4ccccc42)c1)CCO3. The molecule has 6 heterocycles. The summed E-state index contributed by atoms with van der Waals surface area (Å²) in [5, 5.41) is 20.3. The first kappa shape index (κ1) is 58.9. The molecule has 0 spiro atoms. The van der Waals surface area contributed by atoms with Gasteiger partial charge in [0.2, 0.25) is 18.3 Å². The molecular weight excluding hydrogens is 1130 g/mol. The van der Waals surface area contributed by atoms with E-state index in [0.29, 0.717) is 52.2 Å². The summed E-state index contributed by atoms with van der Waals surface area (Å²) in [4.78, 5) is 124. The largest absolute Gasteiger partial charge is 0.493 e. The quantitative estimate of drug-likeness (QED) is 0.0657. The molecule has 2 aromatic heterocycles. The molecule has 3 amide bonds. The van der Waals surface area contributed by atoms with Gasteiger partial charge in [-0.2, -0.15) is 0 Å².